The Morgan fingerprint density at radius 1 is 1.00 bits per heavy atom. The van der Waals surface area contributed by atoms with Crippen molar-refractivity contribution in [3.05, 3.63) is 24.3 Å². The molecule has 0 saturated heterocycles. The monoisotopic (exact) mass is 102 g/mol. The highest BCUT2D eigenvalue weighted by Gasteiger charge is 1.86. The van der Waals surface area contributed by atoms with Crippen LogP contribution in [0, 0.1) is 24.7 Å². The predicted octanol–water partition coefficient (Wildman–Crippen LogP) is 1.37. The maximum Gasteiger partial charge on any atom is 0.0321 e. The van der Waals surface area contributed by atoms with Crippen LogP contribution in [0.15, 0.2) is 24.3 Å². The molecule has 0 aromatic heterocycles. The van der Waals surface area contributed by atoms with Crippen LogP contribution in [0.25, 0.3) is 0 Å². The molecule has 0 atom stereocenters. The number of rotatable bonds is 1. The van der Waals surface area contributed by atoms with Gasteiger partial charge in [0.2, 0.25) is 0 Å². The van der Waals surface area contributed by atoms with E-state index in [1.165, 1.54) is 0 Å². The second-order valence-electron chi connectivity index (χ2n) is 1.25. The van der Waals surface area contributed by atoms with E-state index in [4.69, 9.17) is 12.8 Å². The Bertz CT molecular complexity index is 169. The zero-order valence-electron chi connectivity index (χ0n) is 4.57. The van der Waals surface area contributed by atoms with Gasteiger partial charge in [0, 0.05) is 11.1 Å². The fraction of sp³-hybridized carbons (Fsp3) is 0. The number of hydrogen-bond donors (Lipinski definition) is 0. The van der Waals surface area contributed by atoms with Crippen LogP contribution in [-0.2, 0) is 0 Å². The van der Waals surface area contributed by atoms with E-state index in [0.717, 1.165) is 0 Å². The van der Waals surface area contributed by atoms with E-state index < -0.39 is 0 Å². The van der Waals surface area contributed by atoms with Crippen molar-refractivity contribution < 1.29 is 0 Å². The highest BCUT2D eigenvalue weighted by atomic mass is 13.9. The summed E-state index contributed by atoms with van der Waals surface area (Å²) in [7, 11) is 0. The lowest BCUT2D eigenvalue weighted by atomic mass is 10.1. The minimum atomic E-state index is 0.479. The van der Waals surface area contributed by atoms with Crippen molar-refractivity contribution in [3.8, 4) is 24.7 Å². The van der Waals surface area contributed by atoms with Gasteiger partial charge in [0.05, 0.1) is 0 Å². The minimum absolute atomic E-state index is 0.479. The largest absolute Gasteiger partial charge is 0.115 e. The van der Waals surface area contributed by atoms with E-state index in [9.17, 15) is 0 Å². The van der Waals surface area contributed by atoms with Gasteiger partial charge in [0.25, 0.3) is 0 Å². The molecule has 0 aromatic carbocycles. The second kappa shape index (κ2) is 2.72. The van der Waals surface area contributed by atoms with E-state index in [-0.39, 0.29) is 0 Å². The van der Waals surface area contributed by atoms with E-state index in [1.54, 1.807) is 0 Å². The molecule has 0 unspecified atom stereocenters. The third-order valence-electron chi connectivity index (χ3n) is 0.713. The summed E-state index contributed by atoms with van der Waals surface area (Å²) in [6.07, 6.45) is 9.89. The van der Waals surface area contributed by atoms with E-state index in [0.29, 0.717) is 11.1 Å². The Balaban J connectivity index is 4.16. The van der Waals surface area contributed by atoms with Crippen LogP contribution in [0.3, 0.4) is 0 Å². The molecule has 0 amide bonds. The van der Waals surface area contributed by atoms with E-state index in [2.05, 4.69) is 25.0 Å². The smallest absolute Gasteiger partial charge is 0.0321 e. The van der Waals surface area contributed by atoms with E-state index >= 15 is 0 Å². The summed E-state index contributed by atoms with van der Waals surface area (Å²) in [4.78, 5) is 0. The first-order chi connectivity index (χ1) is 3.72. The van der Waals surface area contributed by atoms with Gasteiger partial charge in [-0.2, -0.15) is 0 Å². The zero-order chi connectivity index (χ0) is 6.57. The summed E-state index contributed by atoms with van der Waals surface area (Å²) in [5.41, 5.74) is 0.958. The van der Waals surface area contributed by atoms with Gasteiger partial charge in [-0.05, 0) is 0 Å². The molecular weight excluding hydrogens is 96.1 g/mol. The highest BCUT2D eigenvalue weighted by molar-refractivity contribution is 5.49. The predicted molar refractivity (Wildman–Crippen MR) is 35.9 cm³/mol. The van der Waals surface area contributed by atoms with Crippen LogP contribution in [0.2, 0.25) is 0 Å². The summed E-state index contributed by atoms with van der Waals surface area (Å²) < 4.78 is 0. The Labute approximate surface area is 49.9 Å². The normalized spacial score (nSPS) is 6.25. The first-order valence-corrected chi connectivity index (χ1v) is 2.03. The van der Waals surface area contributed by atoms with Gasteiger partial charge in [-0.25, -0.2) is 0 Å². The van der Waals surface area contributed by atoms with Gasteiger partial charge in [0.15, 0.2) is 0 Å². The van der Waals surface area contributed by atoms with Crippen molar-refractivity contribution in [2.24, 2.45) is 0 Å². The molecular formula is C8H6. The summed E-state index contributed by atoms with van der Waals surface area (Å²) in [5.74, 6) is 4.56. The van der Waals surface area contributed by atoms with Crippen LogP contribution in [0.5, 0.6) is 0 Å². The Morgan fingerprint density at radius 3 is 1.38 bits per heavy atom. The zero-order valence-corrected chi connectivity index (χ0v) is 4.57. The summed E-state index contributed by atoms with van der Waals surface area (Å²) in [6, 6.07) is 0. The Kier molecular flexibility index (Phi) is 2.24. The fourth-order valence-corrected chi connectivity index (χ4v) is 0.174. The van der Waals surface area contributed by atoms with Crippen molar-refractivity contribution in [2.75, 3.05) is 0 Å². The third kappa shape index (κ3) is 1.37. The van der Waals surface area contributed by atoms with Crippen molar-refractivity contribution in [1.82, 2.24) is 0 Å². The molecule has 38 valence electrons. The van der Waals surface area contributed by atoms with Crippen molar-refractivity contribution in [1.29, 1.82) is 0 Å². The molecule has 0 nitrogen and oxygen atoms in total. The standard InChI is InChI=1S/C8H6/c1-5-7(3)8(4)6-2/h1-2H,3-4H2. The van der Waals surface area contributed by atoms with Crippen molar-refractivity contribution in [3.63, 3.8) is 0 Å². The average molecular weight is 102 g/mol. The summed E-state index contributed by atoms with van der Waals surface area (Å²) in [6.45, 7) is 6.93. The van der Waals surface area contributed by atoms with Crippen LogP contribution < -0.4 is 0 Å². The topological polar surface area (TPSA) is 0 Å². The maximum absolute atomic E-state index is 4.94. The SMILES string of the molecule is C#CC(=C)C(=C)C#C. The van der Waals surface area contributed by atoms with Crippen LogP contribution in [0.4, 0.5) is 0 Å². The van der Waals surface area contributed by atoms with Crippen LogP contribution in [-0.4, -0.2) is 0 Å². The highest BCUT2D eigenvalue weighted by Crippen LogP contribution is 1.98. The molecule has 0 heteroatoms. The first kappa shape index (κ1) is 6.60. The first-order valence-electron chi connectivity index (χ1n) is 2.03. The Morgan fingerprint density at radius 2 is 1.25 bits per heavy atom. The van der Waals surface area contributed by atoms with Crippen molar-refractivity contribution in [2.45, 2.75) is 0 Å². The number of terminal acetylenes is 2. The Hall–Kier alpha value is -1.40. The number of allylic oxidation sites excluding steroid dienone is 2. The quantitative estimate of drug-likeness (QED) is 0.346. The molecule has 0 N–H and O–H groups in total. The molecule has 0 aliphatic carbocycles. The molecule has 0 aromatic rings. The van der Waals surface area contributed by atoms with Crippen molar-refractivity contribution >= 4 is 0 Å². The average Bonchev–Trinajstić information content (AvgIpc) is 1.84. The molecule has 0 heterocycles. The lowest BCUT2D eigenvalue weighted by Gasteiger charge is -1.87. The molecule has 0 bridgehead atoms. The molecule has 0 saturated carbocycles. The number of hydrogen-bond acceptors (Lipinski definition) is 0. The van der Waals surface area contributed by atoms with Gasteiger partial charge in [-0.1, -0.05) is 25.0 Å². The molecule has 0 aliphatic heterocycles. The molecule has 0 fully saturated rings. The van der Waals surface area contributed by atoms with Gasteiger partial charge in [-0.15, -0.1) is 12.8 Å². The van der Waals surface area contributed by atoms with E-state index in [1.807, 2.05) is 0 Å². The van der Waals surface area contributed by atoms with Gasteiger partial charge >= 0.3 is 0 Å². The maximum atomic E-state index is 4.94. The minimum Gasteiger partial charge on any atom is -0.115 e. The molecule has 0 rings (SSSR count). The van der Waals surface area contributed by atoms with Crippen LogP contribution >= 0.6 is 0 Å². The molecule has 0 spiro atoms. The van der Waals surface area contributed by atoms with Crippen LogP contribution in [0.1, 0.15) is 0 Å². The summed E-state index contributed by atoms with van der Waals surface area (Å²) in [5, 5.41) is 0. The van der Waals surface area contributed by atoms with Gasteiger partial charge in [-0.3, -0.25) is 0 Å². The molecule has 0 aliphatic rings. The second-order valence-corrected chi connectivity index (χ2v) is 1.25. The lowest BCUT2D eigenvalue weighted by molar-refractivity contribution is 1.73. The third-order valence-corrected chi connectivity index (χ3v) is 0.713. The fourth-order valence-electron chi connectivity index (χ4n) is 0.174. The summed E-state index contributed by atoms with van der Waals surface area (Å²) >= 11 is 0. The van der Waals surface area contributed by atoms with Gasteiger partial charge < -0.3 is 0 Å². The van der Waals surface area contributed by atoms with Gasteiger partial charge in [0.1, 0.15) is 0 Å². The molecule has 0 radical (unpaired) electrons. The lowest BCUT2D eigenvalue weighted by Crippen LogP contribution is -1.75. The molecule has 8 heavy (non-hydrogen) atoms.